The summed E-state index contributed by atoms with van der Waals surface area (Å²) in [7, 11) is 0. The second-order valence-corrected chi connectivity index (χ2v) is 8.65. The van der Waals surface area contributed by atoms with Crippen LogP contribution in [-0.4, -0.2) is 0 Å². The Morgan fingerprint density at radius 1 is 0.588 bits per heavy atom. The van der Waals surface area contributed by atoms with Gasteiger partial charge in [-0.2, -0.15) is 0 Å². The molecule has 0 aliphatic rings. The van der Waals surface area contributed by atoms with Gasteiger partial charge in [-0.15, -0.1) is 0 Å². The lowest BCUT2D eigenvalue weighted by molar-refractivity contribution is 0.550. The van der Waals surface area contributed by atoms with E-state index in [9.17, 15) is 13.2 Å². The SMILES string of the molecule is CCCCCc1cc(F)c(CCc2ccc(C#Cc3ccc4cc(F)ccc4c3)cc2)c(F)c1. The molecule has 3 heteroatoms. The van der Waals surface area contributed by atoms with Crippen LogP contribution in [0.4, 0.5) is 13.2 Å². The quantitative estimate of drug-likeness (QED) is 0.194. The first-order valence-corrected chi connectivity index (χ1v) is 11.8. The molecule has 0 saturated carbocycles. The molecular weight excluding hydrogens is 429 g/mol. The van der Waals surface area contributed by atoms with Crippen molar-refractivity contribution < 1.29 is 13.2 Å². The van der Waals surface area contributed by atoms with Crippen LogP contribution >= 0.6 is 0 Å². The maximum atomic E-state index is 14.5. The molecule has 0 aliphatic carbocycles. The highest BCUT2D eigenvalue weighted by Gasteiger charge is 2.11. The van der Waals surface area contributed by atoms with Crippen molar-refractivity contribution in [3.8, 4) is 11.8 Å². The second kappa shape index (κ2) is 11.1. The van der Waals surface area contributed by atoms with Crippen molar-refractivity contribution in [3.63, 3.8) is 0 Å². The van der Waals surface area contributed by atoms with E-state index in [1.807, 2.05) is 42.5 Å². The molecule has 0 atom stereocenters. The predicted molar refractivity (Wildman–Crippen MR) is 133 cm³/mol. The monoisotopic (exact) mass is 456 g/mol. The second-order valence-electron chi connectivity index (χ2n) is 8.65. The Morgan fingerprint density at radius 2 is 1.24 bits per heavy atom. The molecule has 4 aromatic carbocycles. The standard InChI is InChI=1S/C31H27F3/c1-2-3-4-5-25-19-30(33)29(31(34)20-25)17-13-23-8-6-22(7-9-23)10-11-24-12-14-27-21-28(32)16-15-26(27)18-24/h6-9,12,14-16,18-21H,2-5,13,17H2,1H3. The highest BCUT2D eigenvalue weighted by atomic mass is 19.1. The molecular formula is C31H27F3. The van der Waals surface area contributed by atoms with Crippen LogP contribution in [0.2, 0.25) is 0 Å². The van der Waals surface area contributed by atoms with Crippen molar-refractivity contribution in [2.24, 2.45) is 0 Å². The Morgan fingerprint density at radius 3 is 1.97 bits per heavy atom. The molecule has 4 rings (SSSR count). The van der Waals surface area contributed by atoms with Gasteiger partial charge < -0.3 is 0 Å². The molecule has 34 heavy (non-hydrogen) atoms. The van der Waals surface area contributed by atoms with Gasteiger partial charge in [0.2, 0.25) is 0 Å². The summed E-state index contributed by atoms with van der Waals surface area (Å²) in [6.45, 7) is 2.11. The van der Waals surface area contributed by atoms with Gasteiger partial charge in [-0.3, -0.25) is 0 Å². The molecule has 0 saturated heterocycles. The van der Waals surface area contributed by atoms with Crippen molar-refractivity contribution in [2.75, 3.05) is 0 Å². The molecule has 0 N–H and O–H groups in total. The fraction of sp³-hybridized carbons (Fsp3) is 0.226. The lowest BCUT2D eigenvalue weighted by atomic mass is 9.99. The zero-order valence-electron chi connectivity index (χ0n) is 19.3. The van der Waals surface area contributed by atoms with Crippen LogP contribution in [0.3, 0.4) is 0 Å². The van der Waals surface area contributed by atoms with Gasteiger partial charge in [-0.1, -0.05) is 55.9 Å². The molecule has 0 heterocycles. The summed E-state index contributed by atoms with van der Waals surface area (Å²) in [4.78, 5) is 0. The van der Waals surface area contributed by atoms with E-state index >= 15 is 0 Å². The number of hydrogen-bond acceptors (Lipinski definition) is 0. The summed E-state index contributed by atoms with van der Waals surface area (Å²) in [5, 5.41) is 1.78. The number of aryl methyl sites for hydroxylation is 2. The summed E-state index contributed by atoms with van der Waals surface area (Å²) >= 11 is 0. The van der Waals surface area contributed by atoms with Crippen molar-refractivity contribution in [3.05, 3.63) is 118 Å². The zero-order valence-corrected chi connectivity index (χ0v) is 19.3. The minimum absolute atomic E-state index is 0.152. The van der Waals surface area contributed by atoms with E-state index in [1.54, 1.807) is 6.07 Å². The zero-order chi connectivity index (χ0) is 23.9. The van der Waals surface area contributed by atoms with Crippen molar-refractivity contribution in [1.82, 2.24) is 0 Å². The maximum Gasteiger partial charge on any atom is 0.129 e. The lowest BCUT2D eigenvalue weighted by Gasteiger charge is -2.09. The minimum Gasteiger partial charge on any atom is -0.207 e. The van der Waals surface area contributed by atoms with Gasteiger partial charge in [0, 0.05) is 16.7 Å². The summed E-state index contributed by atoms with van der Waals surface area (Å²) in [5.41, 5.74) is 3.60. The number of halogens is 3. The molecule has 0 nitrogen and oxygen atoms in total. The lowest BCUT2D eigenvalue weighted by Crippen LogP contribution is -2.01. The first-order valence-electron chi connectivity index (χ1n) is 11.8. The van der Waals surface area contributed by atoms with E-state index in [0.717, 1.165) is 52.3 Å². The maximum absolute atomic E-state index is 14.5. The van der Waals surface area contributed by atoms with Crippen molar-refractivity contribution in [1.29, 1.82) is 0 Å². The molecule has 0 radical (unpaired) electrons. The number of benzene rings is 4. The summed E-state index contributed by atoms with van der Waals surface area (Å²) in [6.07, 6.45) is 4.68. The van der Waals surface area contributed by atoms with E-state index in [0.29, 0.717) is 19.3 Å². The number of unbranched alkanes of at least 4 members (excludes halogenated alkanes) is 2. The molecule has 0 aromatic heterocycles. The molecule has 0 unspecified atom stereocenters. The highest BCUT2D eigenvalue weighted by Crippen LogP contribution is 2.20. The van der Waals surface area contributed by atoms with Crippen LogP contribution in [0.1, 0.15) is 54.0 Å². The third-order valence-electron chi connectivity index (χ3n) is 6.04. The average molecular weight is 457 g/mol. The van der Waals surface area contributed by atoms with Crippen molar-refractivity contribution >= 4 is 10.8 Å². The fourth-order valence-electron chi connectivity index (χ4n) is 4.08. The van der Waals surface area contributed by atoms with Gasteiger partial charge in [-0.05, 0) is 96.1 Å². The van der Waals surface area contributed by atoms with Gasteiger partial charge in [-0.25, -0.2) is 13.2 Å². The van der Waals surface area contributed by atoms with Crippen LogP contribution < -0.4 is 0 Å². The minimum atomic E-state index is -0.452. The van der Waals surface area contributed by atoms with E-state index < -0.39 is 11.6 Å². The van der Waals surface area contributed by atoms with Crippen LogP contribution in [0.15, 0.2) is 72.8 Å². The summed E-state index contributed by atoms with van der Waals surface area (Å²) < 4.78 is 42.3. The highest BCUT2D eigenvalue weighted by molar-refractivity contribution is 5.84. The Kier molecular flexibility index (Phi) is 7.70. The van der Waals surface area contributed by atoms with Gasteiger partial charge in [0.1, 0.15) is 17.5 Å². The third-order valence-corrected chi connectivity index (χ3v) is 6.04. The van der Waals surface area contributed by atoms with E-state index in [4.69, 9.17) is 0 Å². The molecule has 172 valence electrons. The normalized spacial score (nSPS) is 10.8. The largest absolute Gasteiger partial charge is 0.207 e. The fourth-order valence-corrected chi connectivity index (χ4v) is 4.08. The van der Waals surface area contributed by atoms with Crippen LogP contribution in [-0.2, 0) is 19.3 Å². The molecule has 0 aliphatic heterocycles. The summed E-state index contributed by atoms with van der Waals surface area (Å²) in [6, 6.07) is 21.1. The van der Waals surface area contributed by atoms with Crippen LogP contribution in [0.25, 0.3) is 10.8 Å². The van der Waals surface area contributed by atoms with E-state index in [-0.39, 0.29) is 11.4 Å². The molecule has 0 spiro atoms. The van der Waals surface area contributed by atoms with E-state index in [2.05, 4.69) is 18.8 Å². The molecule has 0 fully saturated rings. The Balaban J connectivity index is 1.39. The Labute approximate surface area is 199 Å². The van der Waals surface area contributed by atoms with E-state index in [1.165, 1.54) is 24.3 Å². The van der Waals surface area contributed by atoms with Crippen LogP contribution in [0, 0.1) is 29.3 Å². The number of fused-ring (bicyclic) bond motifs is 1. The molecule has 4 aromatic rings. The Bertz CT molecular complexity index is 1320. The number of hydrogen-bond donors (Lipinski definition) is 0. The average Bonchev–Trinajstić information content (AvgIpc) is 2.83. The van der Waals surface area contributed by atoms with Gasteiger partial charge in [0.05, 0.1) is 0 Å². The van der Waals surface area contributed by atoms with Gasteiger partial charge in [0.25, 0.3) is 0 Å². The van der Waals surface area contributed by atoms with Crippen LogP contribution in [0.5, 0.6) is 0 Å². The predicted octanol–water partition coefficient (Wildman–Crippen LogP) is 8.17. The summed E-state index contributed by atoms with van der Waals surface area (Å²) in [5.74, 6) is 5.12. The smallest absolute Gasteiger partial charge is 0.129 e. The first-order chi connectivity index (χ1) is 16.5. The number of rotatable bonds is 7. The van der Waals surface area contributed by atoms with Gasteiger partial charge >= 0.3 is 0 Å². The Hall–Kier alpha value is -3.51. The topological polar surface area (TPSA) is 0 Å². The molecule has 0 bridgehead atoms. The molecule has 0 amide bonds. The van der Waals surface area contributed by atoms with Gasteiger partial charge in [0.15, 0.2) is 0 Å². The third kappa shape index (κ3) is 6.08. The first kappa shape index (κ1) is 23.6. The van der Waals surface area contributed by atoms with Crippen molar-refractivity contribution in [2.45, 2.75) is 45.4 Å².